The molecule has 3 N–H and O–H groups in total. The van der Waals surface area contributed by atoms with Crippen LogP contribution in [0.15, 0.2) is 12.3 Å². The summed E-state index contributed by atoms with van der Waals surface area (Å²) in [6.45, 7) is 4.76. The average Bonchev–Trinajstić information content (AvgIpc) is 2.57. The molecule has 0 aliphatic carbocycles. The smallest absolute Gasteiger partial charge is 0.139 e. The van der Waals surface area contributed by atoms with Gasteiger partial charge in [0, 0.05) is 43.4 Å². The predicted molar refractivity (Wildman–Crippen MR) is 80.4 cm³/mol. The summed E-state index contributed by atoms with van der Waals surface area (Å²) in [6.07, 6.45) is 4.57. The lowest BCUT2D eigenvalue weighted by Crippen LogP contribution is -2.42. The van der Waals surface area contributed by atoms with E-state index < -0.39 is 0 Å². The van der Waals surface area contributed by atoms with Crippen molar-refractivity contribution in [2.45, 2.75) is 32.2 Å². The summed E-state index contributed by atoms with van der Waals surface area (Å²) in [4.78, 5) is 6.91. The van der Waals surface area contributed by atoms with Crippen LogP contribution in [0.5, 0.6) is 0 Å². The Bertz CT molecular complexity index is 511. The van der Waals surface area contributed by atoms with Crippen molar-refractivity contribution in [1.29, 1.82) is 5.41 Å². The molecular formula is C15H22N4O. The van der Waals surface area contributed by atoms with Crippen molar-refractivity contribution in [3.63, 3.8) is 0 Å². The molecule has 3 rings (SSSR count). The number of hydrogen-bond donors (Lipinski definition) is 2. The summed E-state index contributed by atoms with van der Waals surface area (Å²) in [7, 11) is 0. The maximum atomic E-state index is 8.31. The van der Waals surface area contributed by atoms with E-state index in [1.807, 2.05) is 0 Å². The Morgan fingerprint density at radius 1 is 1.40 bits per heavy atom. The second kappa shape index (κ2) is 5.40. The van der Waals surface area contributed by atoms with Crippen molar-refractivity contribution in [2.75, 3.05) is 30.4 Å². The molecule has 1 aromatic rings. The zero-order chi connectivity index (χ0) is 14.1. The molecule has 1 aromatic heterocycles. The first-order chi connectivity index (χ1) is 9.66. The van der Waals surface area contributed by atoms with Crippen LogP contribution in [0, 0.1) is 11.3 Å². The fourth-order valence-electron chi connectivity index (χ4n) is 3.25. The third-order valence-corrected chi connectivity index (χ3v) is 4.23. The fourth-order valence-corrected chi connectivity index (χ4v) is 3.25. The number of nitrogens with zero attached hydrogens (tertiary/aromatic N) is 2. The Morgan fingerprint density at radius 2 is 2.15 bits per heavy atom. The first-order valence-electron chi connectivity index (χ1n) is 7.33. The van der Waals surface area contributed by atoms with Crippen LogP contribution in [0.25, 0.3) is 0 Å². The van der Waals surface area contributed by atoms with Gasteiger partial charge in [-0.25, -0.2) is 4.98 Å². The molecule has 0 bridgehead atoms. The van der Waals surface area contributed by atoms with E-state index in [2.05, 4.69) is 16.8 Å². The number of nitrogens with two attached hydrogens (primary N) is 1. The van der Waals surface area contributed by atoms with Gasteiger partial charge in [-0.2, -0.15) is 0 Å². The zero-order valence-corrected chi connectivity index (χ0v) is 11.9. The number of rotatable bonds is 1. The second-order valence-corrected chi connectivity index (χ2v) is 5.88. The molecule has 108 valence electrons. The third kappa shape index (κ3) is 2.38. The van der Waals surface area contributed by atoms with Crippen LogP contribution in [0.3, 0.4) is 0 Å². The van der Waals surface area contributed by atoms with E-state index in [0.717, 1.165) is 50.4 Å². The van der Waals surface area contributed by atoms with Crippen molar-refractivity contribution in [1.82, 2.24) is 4.98 Å². The quantitative estimate of drug-likeness (QED) is 0.822. The highest BCUT2D eigenvalue weighted by molar-refractivity contribution is 6.07. The highest BCUT2D eigenvalue weighted by Crippen LogP contribution is 2.33. The number of aromatic nitrogens is 1. The SMILES string of the molecule is CC1CC(=N)c2c(N)ccnc2N(C2CCOCC2)C1. The van der Waals surface area contributed by atoms with Crippen molar-refractivity contribution >= 4 is 17.2 Å². The molecule has 1 fully saturated rings. The fraction of sp³-hybridized carbons (Fsp3) is 0.600. The number of fused-ring (bicyclic) bond motifs is 1. The maximum Gasteiger partial charge on any atom is 0.139 e. The number of nitrogen functional groups attached to an aromatic ring is 1. The van der Waals surface area contributed by atoms with Gasteiger partial charge in [-0.05, 0) is 31.2 Å². The minimum atomic E-state index is 0.443. The van der Waals surface area contributed by atoms with Gasteiger partial charge in [-0.3, -0.25) is 0 Å². The monoisotopic (exact) mass is 274 g/mol. The molecule has 0 spiro atoms. The van der Waals surface area contributed by atoms with Gasteiger partial charge in [-0.1, -0.05) is 6.92 Å². The van der Waals surface area contributed by atoms with Gasteiger partial charge in [0.1, 0.15) is 5.82 Å². The minimum absolute atomic E-state index is 0.443. The molecule has 20 heavy (non-hydrogen) atoms. The van der Waals surface area contributed by atoms with Gasteiger partial charge in [0.05, 0.1) is 5.56 Å². The maximum absolute atomic E-state index is 8.31. The Kier molecular flexibility index (Phi) is 3.61. The molecule has 3 heterocycles. The molecule has 2 aliphatic rings. The van der Waals surface area contributed by atoms with E-state index in [1.165, 1.54) is 0 Å². The predicted octanol–water partition coefficient (Wildman–Crippen LogP) is 2.06. The van der Waals surface area contributed by atoms with Crippen molar-refractivity contribution in [2.24, 2.45) is 5.92 Å². The Labute approximate surface area is 119 Å². The normalized spacial score (nSPS) is 24.4. The van der Waals surface area contributed by atoms with Crippen LogP contribution in [-0.2, 0) is 4.74 Å². The largest absolute Gasteiger partial charge is 0.398 e. The van der Waals surface area contributed by atoms with E-state index in [1.54, 1.807) is 12.3 Å². The van der Waals surface area contributed by atoms with Gasteiger partial charge in [0.2, 0.25) is 0 Å². The van der Waals surface area contributed by atoms with E-state index in [9.17, 15) is 0 Å². The molecule has 2 aliphatic heterocycles. The molecule has 1 unspecified atom stereocenters. The second-order valence-electron chi connectivity index (χ2n) is 5.88. The Morgan fingerprint density at radius 3 is 2.90 bits per heavy atom. The number of pyridine rings is 1. The number of anilines is 2. The van der Waals surface area contributed by atoms with Gasteiger partial charge in [0.15, 0.2) is 0 Å². The van der Waals surface area contributed by atoms with Crippen molar-refractivity contribution in [3.05, 3.63) is 17.8 Å². The van der Waals surface area contributed by atoms with E-state index in [0.29, 0.717) is 23.4 Å². The van der Waals surface area contributed by atoms with Crippen LogP contribution in [0.1, 0.15) is 31.7 Å². The topological polar surface area (TPSA) is 75.2 Å². The van der Waals surface area contributed by atoms with Crippen molar-refractivity contribution in [3.8, 4) is 0 Å². The molecule has 5 nitrogen and oxygen atoms in total. The highest BCUT2D eigenvalue weighted by Gasteiger charge is 2.31. The molecule has 0 radical (unpaired) electrons. The zero-order valence-electron chi connectivity index (χ0n) is 11.9. The van der Waals surface area contributed by atoms with Gasteiger partial charge in [0.25, 0.3) is 0 Å². The summed E-state index contributed by atoms with van der Waals surface area (Å²) in [5, 5.41) is 8.31. The van der Waals surface area contributed by atoms with Crippen LogP contribution in [-0.4, -0.2) is 36.5 Å². The number of hydrogen-bond acceptors (Lipinski definition) is 5. The first-order valence-corrected chi connectivity index (χ1v) is 7.33. The average molecular weight is 274 g/mol. The standard InChI is InChI=1S/C15H22N4O/c1-10-8-13(17)14-12(16)2-5-18-15(14)19(9-10)11-3-6-20-7-4-11/h2,5,10-11,17H,3-4,6-9H2,1H3,(H2,16,18). The molecule has 5 heteroatoms. The Balaban J connectivity index is 2.02. The van der Waals surface area contributed by atoms with Crippen molar-refractivity contribution < 1.29 is 4.74 Å². The molecule has 1 atom stereocenters. The summed E-state index contributed by atoms with van der Waals surface area (Å²) < 4.78 is 5.47. The summed E-state index contributed by atoms with van der Waals surface area (Å²) in [5.74, 6) is 1.34. The van der Waals surface area contributed by atoms with Gasteiger partial charge >= 0.3 is 0 Å². The molecule has 0 amide bonds. The summed E-state index contributed by atoms with van der Waals surface area (Å²) in [6, 6.07) is 2.25. The molecule has 1 saturated heterocycles. The summed E-state index contributed by atoms with van der Waals surface area (Å²) >= 11 is 0. The minimum Gasteiger partial charge on any atom is -0.398 e. The summed E-state index contributed by atoms with van der Waals surface area (Å²) in [5.41, 5.74) is 8.23. The lowest BCUT2D eigenvalue weighted by molar-refractivity contribution is 0.0837. The van der Waals surface area contributed by atoms with E-state index in [-0.39, 0.29) is 0 Å². The number of nitrogens with one attached hydrogen (secondary N) is 1. The Hall–Kier alpha value is -1.62. The molecular weight excluding hydrogens is 252 g/mol. The van der Waals surface area contributed by atoms with Gasteiger partial charge < -0.3 is 20.8 Å². The number of ether oxygens (including phenoxy) is 1. The molecule has 0 saturated carbocycles. The van der Waals surface area contributed by atoms with Crippen LogP contribution < -0.4 is 10.6 Å². The first kappa shape index (κ1) is 13.4. The van der Waals surface area contributed by atoms with E-state index >= 15 is 0 Å². The van der Waals surface area contributed by atoms with Crippen LogP contribution in [0.4, 0.5) is 11.5 Å². The highest BCUT2D eigenvalue weighted by atomic mass is 16.5. The van der Waals surface area contributed by atoms with Crippen LogP contribution in [0.2, 0.25) is 0 Å². The van der Waals surface area contributed by atoms with E-state index in [4.69, 9.17) is 15.9 Å². The van der Waals surface area contributed by atoms with Gasteiger partial charge in [-0.15, -0.1) is 0 Å². The lowest BCUT2D eigenvalue weighted by atomic mass is 10.0. The molecule has 0 aromatic carbocycles. The van der Waals surface area contributed by atoms with Crippen LogP contribution >= 0.6 is 0 Å². The third-order valence-electron chi connectivity index (χ3n) is 4.23. The lowest BCUT2D eigenvalue weighted by Gasteiger charge is -2.36.